The molecule has 0 spiro atoms. The average Bonchev–Trinajstić information content (AvgIpc) is 2.47. The van der Waals surface area contributed by atoms with Crippen LogP contribution >= 0.6 is 0 Å². The molecule has 3 aromatic rings. The Morgan fingerprint density at radius 1 is 1.14 bits per heavy atom. The molecule has 0 radical (unpaired) electrons. The predicted molar refractivity (Wildman–Crippen MR) is 83.3 cm³/mol. The highest BCUT2D eigenvalue weighted by Crippen LogP contribution is 2.13. The van der Waals surface area contributed by atoms with E-state index in [9.17, 15) is 14.7 Å². The molecule has 22 heavy (non-hydrogen) atoms. The maximum absolute atomic E-state index is 12.5. The molecule has 2 aromatic heterocycles. The second kappa shape index (κ2) is 5.52. The van der Waals surface area contributed by atoms with E-state index < -0.39 is 5.63 Å². The minimum atomic E-state index is -0.453. The van der Waals surface area contributed by atoms with E-state index >= 15 is 0 Å². The van der Waals surface area contributed by atoms with Gasteiger partial charge in [-0.2, -0.15) is 0 Å². The number of benzene rings is 1. The van der Waals surface area contributed by atoms with Crippen LogP contribution in [0.2, 0.25) is 0 Å². The zero-order valence-electron chi connectivity index (χ0n) is 12.1. The van der Waals surface area contributed by atoms with Gasteiger partial charge in [0.1, 0.15) is 11.3 Å². The van der Waals surface area contributed by atoms with E-state index in [-0.39, 0.29) is 11.3 Å². The van der Waals surface area contributed by atoms with E-state index in [1.807, 2.05) is 12.1 Å². The fraction of sp³-hybridized carbons (Fsp3) is 0.176. The van der Waals surface area contributed by atoms with Gasteiger partial charge in [-0.05, 0) is 42.7 Å². The quantitative estimate of drug-likeness (QED) is 0.804. The number of pyridine rings is 1. The molecule has 0 bridgehead atoms. The topological polar surface area (TPSA) is 72.4 Å². The molecule has 1 aromatic carbocycles. The van der Waals surface area contributed by atoms with Crippen molar-refractivity contribution in [1.29, 1.82) is 0 Å². The average molecular weight is 297 g/mol. The van der Waals surface area contributed by atoms with Gasteiger partial charge in [-0.1, -0.05) is 12.1 Å². The summed E-state index contributed by atoms with van der Waals surface area (Å²) in [6.07, 6.45) is 2.30. The second-order valence-corrected chi connectivity index (χ2v) is 5.22. The highest BCUT2D eigenvalue weighted by molar-refractivity contribution is 5.78. The van der Waals surface area contributed by atoms with Crippen molar-refractivity contribution in [2.45, 2.75) is 19.9 Å². The zero-order chi connectivity index (χ0) is 15.7. The Kier molecular flexibility index (Phi) is 3.55. The minimum Gasteiger partial charge on any atom is -0.508 e. The molecule has 3 rings (SSSR count). The van der Waals surface area contributed by atoms with E-state index in [2.05, 4.69) is 0 Å². The van der Waals surface area contributed by atoms with Crippen molar-refractivity contribution in [3.63, 3.8) is 0 Å². The molecule has 1 N–H and O–H groups in total. The third kappa shape index (κ3) is 2.65. The molecular formula is C17H15NO4. The van der Waals surface area contributed by atoms with Crippen molar-refractivity contribution in [3.05, 3.63) is 74.5 Å². The number of aromatic hydroxyl groups is 1. The standard InChI is InChI=1S/C17H15NO4/c1-11-10-15(20)22-14-7-9-18(17(21)16(11)14)8-6-12-2-4-13(19)5-3-12/h2-5,7,9-10,19H,6,8H2,1H3. The van der Waals surface area contributed by atoms with E-state index in [1.54, 1.807) is 35.9 Å². The van der Waals surface area contributed by atoms with Gasteiger partial charge in [-0.3, -0.25) is 4.79 Å². The van der Waals surface area contributed by atoms with Crippen molar-refractivity contribution in [2.24, 2.45) is 0 Å². The number of aromatic nitrogens is 1. The summed E-state index contributed by atoms with van der Waals surface area (Å²) in [5.74, 6) is 0.220. The number of hydrogen-bond donors (Lipinski definition) is 1. The molecule has 0 saturated carbocycles. The van der Waals surface area contributed by atoms with Crippen LogP contribution in [0.1, 0.15) is 11.1 Å². The number of phenolic OH excluding ortho intramolecular Hbond substituents is 1. The largest absolute Gasteiger partial charge is 0.508 e. The van der Waals surface area contributed by atoms with Crippen LogP contribution < -0.4 is 11.2 Å². The van der Waals surface area contributed by atoms with Crippen LogP contribution in [0.5, 0.6) is 5.75 Å². The molecule has 0 fully saturated rings. The molecule has 2 heterocycles. The van der Waals surface area contributed by atoms with E-state index in [0.29, 0.717) is 29.5 Å². The Morgan fingerprint density at radius 3 is 2.59 bits per heavy atom. The molecule has 0 aliphatic carbocycles. The number of phenols is 1. The Hall–Kier alpha value is -2.82. The van der Waals surface area contributed by atoms with Gasteiger partial charge in [0.25, 0.3) is 5.56 Å². The van der Waals surface area contributed by atoms with Gasteiger partial charge in [0.05, 0.1) is 5.39 Å². The molecule has 0 unspecified atom stereocenters. The lowest BCUT2D eigenvalue weighted by Gasteiger charge is -2.08. The number of aryl methyl sites for hydroxylation is 3. The SMILES string of the molecule is Cc1cc(=O)oc2ccn(CCc3ccc(O)cc3)c(=O)c12. The summed E-state index contributed by atoms with van der Waals surface area (Å²) in [5.41, 5.74) is 1.34. The monoisotopic (exact) mass is 297 g/mol. The van der Waals surface area contributed by atoms with Gasteiger partial charge in [0.15, 0.2) is 0 Å². The summed E-state index contributed by atoms with van der Waals surface area (Å²) in [4.78, 5) is 23.8. The third-order valence-corrected chi connectivity index (χ3v) is 3.64. The highest BCUT2D eigenvalue weighted by atomic mass is 16.4. The Morgan fingerprint density at radius 2 is 1.86 bits per heavy atom. The van der Waals surface area contributed by atoms with Crippen molar-refractivity contribution in [2.75, 3.05) is 0 Å². The lowest BCUT2D eigenvalue weighted by atomic mass is 10.1. The summed E-state index contributed by atoms with van der Waals surface area (Å²) in [6.45, 7) is 2.24. The molecule has 0 atom stereocenters. The van der Waals surface area contributed by atoms with Crippen molar-refractivity contribution in [3.8, 4) is 5.75 Å². The first-order valence-electron chi connectivity index (χ1n) is 6.96. The van der Waals surface area contributed by atoms with Crippen molar-refractivity contribution >= 4 is 11.0 Å². The van der Waals surface area contributed by atoms with Gasteiger partial charge in [0.2, 0.25) is 0 Å². The van der Waals surface area contributed by atoms with Gasteiger partial charge < -0.3 is 14.1 Å². The minimum absolute atomic E-state index is 0.169. The Labute approximate surface area is 126 Å². The first-order chi connectivity index (χ1) is 10.5. The summed E-state index contributed by atoms with van der Waals surface area (Å²) in [7, 11) is 0. The molecule has 112 valence electrons. The molecule has 5 nitrogen and oxygen atoms in total. The Bertz CT molecular complexity index is 936. The maximum atomic E-state index is 12.5. The number of rotatable bonds is 3. The summed E-state index contributed by atoms with van der Waals surface area (Å²) >= 11 is 0. The summed E-state index contributed by atoms with van der Waals surface area (Å²) < 4.78 is 6.66. The van der Waals surface area contributed by atoms with Crippen LogP contribution in [0.4, 0.5) is 0 Å². The lowest BCUT2D eigenvalue weighted by Crippen LogP contribution is -2.22. The van der Waals surface area contributed by atoms with Crippen LogP contribution in [0.25, 0.3) is 11.0 Å². The third-order valence-electron chi connectivity index (χ3n) is 3.64. The fourth-order valence-corrected chi connectivity index (χ4v) is 2.48. The lowest BCUT2D eigenvalue weighted by molar-refractivity contribution is 0.475. The maximum Gasteiger partial charge on any atom is 0.336 e. The number of fused-ring (bicyclic) bond motifs is 1. The first-order valence-corrected chi connectivity index (χ1v) is 6.96. The first kappa shape index (κ1) is 14.1. The van der Waals surface area contributed by atoms with Gasteiger partial charge >= 0.3 is 5.63 Å². The second-order valence-electron chi connectivity index (χ2n) is 5.22. The van der Waals surface area contributed by atoms with Crippen LogP contribution in [-0.2, 0) is 13.0 Å². The van der Waals surface area contributed by atoms with Crippen molar-refractivity contribution in [1.82, 2.24) is 4.57 Å². The molecule has 5 heteroatoms. The van der Waals surface area contributed by atoms with Crippen LogP contribution in [-0.4, -0.2) is 9.67 Å². The number of nitrogens with zero attached hydrogens (tertiary/aromatic N) is 1. The zero-order valence-corrected chi connectivity index (χ0v) is 12.1. The van der Waals surface area contributed by atoms with Crippen LogP contribution in [0, 0.1) is 6.92 Å². The highest BCUT2D eigenvalue weighted by Gasteiger charge is 2.08. The van der Waals surface area contributed by atoms with E-state index in [0.717, 1.165) is 5.56 Å². The molecular weight excluding hydrogens is 282 g/mol. The molecule has 0 saturated heterocycles. The molecule has 0 amide bonds. The normalized spacial score (nSPS) is 11.0. The van der Waals surface area contributed by atoms with Crippen LogP contribution in [0.15, 0.2) is 56.6 Å². The summed E-state index contributed by atoms with van der Waals surface area (Å²) in [5, 5.41) is 9.70. The molecule has 0 aliphatic heterocycles. The van der Waals surface area contributed by atoms with Crippen molar-refractivity contribution < 1.29 is 9.52 Å². The van der Waals surface area contributed by atoms with E-state index in [4.69, 9.17) is 4.42 Å². The molecule has 0 aliphatic rings. The Balaban J connectivity index is 1.95. The predicted octanol–water partition coefficient (Wildman–Crippen LogP) is 2.21. The smallest absolute Gasteiger partial charge is 0.336 e. The van der Waals surface area contributed by atoms with E-state index in [1.165, 1.54) is 6.07 Å². The van der Waals surface area contributed by atoms with Gasteiger partial charge in [-0.25, -0.2) is 4.79 Å². The fourth-order valence-electron chi connectivity index (χ4n) is 2.48. The van der Waals surface area contributed by atoms with Gasteiger partial charge in [-0.15, -0.1) is 0 Å². The number of hydrogen-bond acceptors (Lipinski definition) is 4. The van der Waals surface area contributed by atoms with Gasteiger partial charge in [0, 0.05) is 18.8 Å². The van der Waals surface area contributed by atoms with Crippen LogP contribution in [0.3, 0.4) is 0 Å². The summed E-state index contributed by atoms with van der Waals surface area (Å²) in [6, 6.07) is 9.86.